The van der Waals surface area contributed by atoms with Crippen molar-refractivity contribution in [2.75, 3.05) is 17.2 Å². The number of nitrogen functional groups attached to an aromatic ring is 1. The molecule has 0 spiro atoms. The number of aromatic nitrogens is 2. The van der Waals surface area contributed by atoms with E-state index in [1.807, 2.05) is 0 Å². The number of anilines is 2. The molecule has 1 aromatic carbocycles. The molecule has 3 rings (SSSR count). The Morgan fingerprint density at radius 1 is 1.48 bits per heavy atom. The van der Waals surface area contributed by atoms with Crippen LogP contribution in [0.4, 0.5) is 15.2 Å². The average Bonchev–Trinajstić information content (AvgIpc) is 3.11. The quantitative estimate of drug-likeness (QED) is 0.865. The van der Waals surface area contributed by atoms with E-state index in [1.54, 1.807) is 6.07 Å². The van der Waals surface area contributed by atoms with Gasteiger partial charge in [0.15, 0.2) is 0 Å². The van der Waals surface area contributed by atoms with Crippen LogP contribution in [0.1, 0.15) is 11.4 Å². The number of nitrogens with one attached hydrogen (secondary N) is 1. The summed E-state index contributed by atoms with van der Waals surface area (Å²) in [6, 6.07) is 5.76. The molecule has 9 heteroatoms. The van der Waals surface area contributed by atoms with Crippen molar-refractivity contribution in [1.29, 1.82) is 0 Å². The molecule has 23 heavy (non-hydrogen) atoms. The maximum absolute atomic E-state index is 13.3. The molecule has 0 bridgehead atoms. The normalized spacial score (nSPS) is 17.5. The van der Waals surface area contributed by atoms with Crippen molar-refractivity contribution >= 4 is 34.0 Å². The molecule has 1 unspecified atom stereocenters. The van der Waals surface area contributed by atoms with Crippen LogP contribution >= 0.6 is 11.3 Å². The molecular formula is C14H14FN5O2S. The zero-order valence-corrected chi connectivity index (χ0v) is 12.8. The van der Waals surface area contributed by atoms with Crippen molar-refractivity contribution in [3.63, 3.8) is 0 Å². The molecule has 0 saturated carbocycles. The summed E-state index contributed by atoms with van der Waals surface area (Å²) < 4.78 is 13.3. The van der Waals surface area contributed by atoms with Crippen molar-refractivity contribution in [1.82, 2.24) is 15.5 Å². The Hall–Kier alpha value is -2.55. The van der Waals surface area contributed by atoms with Crippen LogP contribution in [-0.4, -0.2) is 28.6 Å². The van der Waals surface area contributed by atoms with E-state index in [1.165, 1.54) is 34.4 Å². The first-order chi connectivity index (χ1) is 11.0. The van der Waals surface area contributed by atoms with Gasteiger partial charge in [-0.3, -0.25) is 9.59 Å². The number of hydrogen-bond donors (Lipinski definition) is 2. The largest absolute Gasteiger partial charge is 0.374 e. The topological polar surface area (TPSA) is 101 Å². The SMILES string of the molecule is Nc1nnc(CNC(=O)C2CC(=O)N(c3cccc(F)c3)C2)s1. The Morgan fingerprint density at radius 3 is 3.00 bits per heavy atom. The van der Waals surface area contributed by atoms with Crippen molar-refractivity contribution in [3.05, 3.63) is 35.1 Å². The molecule has 0 radical (unpaired) electrons. The van der Waals surface area contributed by atoms with Crippen molar-refractivity contribution in [3.8, 4) is 0 Å². The first-order valence-electron chi connectivity index (χ1n) is 6.94. The molecule has 1 aromatic heterocycles. The van der Waals surface area contributed by atoms with Gasteiger partial charge in [0.25, 0.3) is 0 Å². The Bertz CT molecular complexity index is 750. The number of carbonyl (C=O) groups is 2. The summed E-state index contributed by atoms with van der Waals surface area (Å²) in [6.45, 7) is 0.449. The number of halogens is 1. The number of nitrogens with two attached hydrogens (primary N) is 1. The smallest absolute Gasteiger partial charge is 0.227 e. The highest BCUT2D eigenvalue weighted by molar-refractivity contribution is 7.15. The van der Waals surface area contributed by atoms with Gasteiger partial charge in [0.1, 0.15) is 10.8 Å². The third-order valence-electron chi connectivity index (χ3n) is 3.51. The molecule has 1 aliphatic heterocycles. The Morgan fingerprint density at radius 2 is 2.30 bits per heavy atom. The second kappa shape index (κ2) is 6.29. The maximum atomic E-state index is 13.3. The van der Waals surface area contributed by atoms with E-state index in [-0.39, 0.29) is 31.3 Å². The number of benzene rings is 1. The number of carbonyl (C=O) groups excluding carboxylic acids is 2. The van der Waals surface area contributed by atoms with Gasteiger partial charge >= 0.3 is 0 Å². The minimum atomic E-state index is -0.476. The summed E-state index contributed by atoms with van der Waals surface area (Å²) in [7, 11) is 0. The van der Waals surface area contributed by atoms with Gasteiger partial charge in [-0.25, -0.2) is 4.39 Å². The zero-order chi connectivity index (χ0) is 16.4. The van der Waals surface area contributed by atoms with Gasteiger partial charge in [-0.15, -0.1) is 10.2 Å². The van der Waals surface area contributed by atoms with Gasteiger partial charge in [-0.2, -0.15) is 0 Å². The molecule has 2 amide bonds. The van der Waals surface area contributed by atoms with Crippen LogP contribution in [0.15, 0.2) is 24.3 Å². The number of hydrogen-bond acceptors (Lipinski definition) is 6. The molecular weight excluding hydrogens is 321 g/mol. The third kappa shape index (κ3) is 3.45. The fourth-order valence-electron chi connectivity index (χ4n) is 2.42. The lowest BCUT2D eigenvalue weighted by molar-refractivity contribution is -0.126. The highest BCUT2D eigenvalue weighted by Crippen LogP contribution is 2.25. The van der Waals surface area contributed by atoms with E-state index in [0.29, 0.717) is 15.8 Å². The molecule has 1 atom stereocenters. The molecule has 1 aliphatic rings. The lowest BCUT2D eigenvalue weighted by Gasteiger charge is -2.16. The molecule has 0 aliphatic carbocycles. The van der Waals surface area contributed by atoms with Crippen LogP contribution in [0.5, 0.6) is 0 Å². The summed E-state index contributed by atoms with van der Waals surface area (Å²) in [6.07, 6.45) is 0.0978. The first kappa shape index (κ1) is 15.3. The molecule has 120 valence electrons. The maximum Gasteiger partial charge on any atom is 0.227 e. The standard InChI is InChI=1S/C14H14FN5O2S/c15-9-2-1-3-10(5-9)20-7-8(4-12(20)21)13(22)17-6-11-18-19-14(16)23-11/h1-3,5,8H,4,6-7H2,(H2,16,19)(H,17,22). The van der Waals surface area contributed by atoms with E-state index in [4.69, 9.17) is 5.73 Å². The van der Waals surface area contributed by atoms with Crippen LogP contribution in [0, 0.1) is 11.7 Å². The lowest BCUT2D eigenvalue weighted by Crippen LogP contribution is -2.32. The first-order valence-corrected chi connectivity index (χ1v) is 7.76. The predicted molar refractivity (Wildman–Crippen MR) is 83.0 cm³/mol. The summed E-state index contributed by atoms with van der Waals surface area (Å²) in [5.41, 5.74) is 5.93. The van der Waals surface area contributed by atoms with Gasteiger partial charge in [0.2, 0.25) is 16.9 Å². The molecule has 2 heterocycles. The second-order valence-corrected chi connectivity index (χ2v) is 6.23. The van der Waals surface area contributed by atoms with E-state index in [2.05, 4.69) is 15.5 Å². The highest BCUT2D eigenvalue weighted by atomic mass is 32.1. The van der Waals surface area contributed by atoms with Crippen LogP contribution < -0.4 is 16.0 Å². The van der Waals surface area contributed by atoms with Gasteiger partial charge in [-0.1, -0.05) is 17.4 Å². The zero-order valence-electron chi connectivity index (χ0n) is 12.0. The minimum Gasteiger partial charge on any atom is -0.374 e. The van der Waals surface area contributed by atoms with Crippen LogP contribution in [0.3, 0.4) is 0 Å². The van der Waals surface area contributed by atoms with Gasteiger partial charge in [0, 0.05) is 18.7 Å². The summed E-state index contributed by atoms with van der Waals surface area (Å²) in [5, 5.41) is 11.1. The van der Waals surface area contributed by atoms with Crippen molar-refractivity contribution in [2.45, 2.75) is 13.0 Å². The predicted octanol–water partition coefficient (Wildman–Crippen LogP) is 0.929. The summed E-state index contributed by atoms with van der Waals surface area (Å²) in [5.74, 6) is -1.34. The van der Waals surface area contributed by atoms with Crippen molar-refractivity contribution < 1.29 is 14.0 Å². The molecule has 3 N–H and O–H groups in total. The van der Waals surface area contributed by atoms with Gasteiger partial charge < -0.3 is 16.0 Å². The Labute approximate surface area is 135 Å². The number of amides is 2. The van der Waals surface area contributed by atoms with Crippen molar-refractivity contribution in [2.24, 2.45) is 5.92 Å². The fourth-order valence-corrected chi connectivity index (χ4v) is 2.97. The van der Waals surface area contributed by atoms with Crippen LogP contribution in [0.25, 0.3) is 0 Å². The van der Waals surface area contributed by atoms with Crippen LogP contribution in [-0.2, 0) is 16.1 Å². The lowest BCUT2D eigenvalue weighted by atomic mass is 10.1. The average molecular weight is 335 g/mol. The monoisotopic (exact) mass is 335 g/mol. The Balaban J connectivity index is 1.61. The number of rotatable bonds is 4. The van der Waals surface area contributed by atoms with E-state index in [9.17, 15) is 14.0 Å². The molecule has 1 saturated heterocycles. The third-order valence-corrected chi connectivity index (χ3v) is 4.26. The fraction of sp³-hybridized carbons (Fsp3) is 0.286. The summed E-state index contributed by atoms with van der Waals surface area (Å²) in [4.78, 5) is 25.7. The summed E-state index contributed by atoms with van der Waals surface area (Å²) >= 11 is 1.19. The van der Waals surface area contributed by atoms with Gasteiger partial charge in [0.05, 0.1) is 12.5 Å². The molecule has 1 fully saturated rings. The van der Waals surface area contributed by atoms with Crippen LogP contribution in [0.2, 0.25) is 0 Å². The molecule has 2 aromatic rings. The minimum absolute atomic E-state index is 0.0978. The molecule has 7 nitrogen and oxygen atoms in total. The van der Waals surface area contributed by atoms with E-state index < -0.39 is 11.7 Å². The Kier molecular flexibility index (Phi) is 4.20. The second-order valence-electron chi connectivity index (χ2n) is 5.14. The van der Waals surface area contributed by atoms with E-state index in [0.717, 1.165) is 0 Å². The van der Waals surface area contributed by atoms with E-state index >= 15 is 0 Å². The van der Waals surface area contributed by atoms with Gasteiger partial charge in [-0.05, 0) is 18.2 Å². The highest BCUT2D eigenvalue weighted by Gasteiger charge is 2.35. The number of nitrogens with zero attached hydrogens (tertiary/aromatic N) is 3.